The fourth-order valence-electron chi connectivity index (χ4n) is 1.54. The Kier molecular flexibility index (Phi) is 6.15. The molecule has 6 heteroatoms. The van der Waals surface area contributed by atoms with Gasteiger partial charge < -0.3 is 15.7 Å². The van der Waals surface area contributed by atoms with Gasteiger partial charge in [-0.15, -0.1) is 0 Å². The van der Waals surface area contributed by atoms with Crippen LogP contribution in [0.25, 0.3) is 0 Å². The van der Waals surface area contributed by atoms with Crippen LogP contribution in [0.2, 0.25) is 5.02 Å². The molecule has 0 saturated heterocycles. The number of carbonyl (C=O) groups excluding carboxylic acids is 1. The van der Waals surface area contributed by atoms with Gasteiger partial charge in [-0.25, -0.2) is 9.59 Å². The molecule has 0 heterocycles. The van der Waals surface area contributed by atoms with Gasteiger partial charge in [0.05, 0.1) is 10.7 Å². The van der Waals surface area contributed by atoms with Crippen LogP contribution in [0.15, 0.2) is 24.3 Å². The van der Waals surface area contributed by atoms with Crippen molar-refractivity contribution in [3.05, 3.63) is 29.3 Å². The number of carboxylic acids is 1. The van der Waals surface area contributed by atoms with Crippen molar-refractivity contribution in [2.24, 2.45) is 0 Å². The summed E-state index contributed by atoms with van der Waals surface area (Å²) in [5.74, 6) is -1.04. The molecule has 1 aromatic rings. The molecule has 0 spiro atoms. The van der Waals surface area contributed by atoms with Crippen molar-refractivity contribution in [1.82, 2.24) is 5.32 Å². The fraction of sp³-hybridized carbons (Fsp3) is 0.385. The first-order valence-corrected chi connectivity index (χ1v) is 6.47. The SMILES string of the molecule is CCCC[C@H](NC(=O)Nc1ccccc1Cl)C(=O)O. The van der Waals surface area contributed by atoms with E-state index in [4.69, 9.17) is 16.7 Å². The molecular weight excluding hydrogens is 268 g/mol. The quantitative estimate of drug-likeness (QED) is 0.751. The zero-order valence-corrected chi connectivity index (χ0v) is 11.4. The van der Waals surface area contributed by atoms with Gasteiger partial charge in [-0.2, -0.15) is 0 Å². The molecule has 2 amide bonds. The van der Waals surface area contributed by atoms with E-state index in [1.54, 1.807) is 24.3 Å². The molecule has 0 aliphatic heterocycles. The molecule has 104 valence electrons. The summed E-state index contributed by atoms with van der Waals surface area (Å²) in [6, 6.07) is 5.30. The van der Waals surface area contributed by atoms with Crippen LogP contribution in [0.4, 0.5) is 10.5 Å². The van der Waals surface area contributed by atoms with Gasteiger partial charge in [-0.3, -0.25) is 0 Å². The van der Waals surface area contributed by atoms with Crippen LogP contribution in [0, 0.1) is 0 Å². The van der Waals surface area contributed by atoms with Gasteiger partial charge in [0.25, 0.3) is 0 Å². The first-order valence-electron chi connectivity index (χ1n) is 6.09. The van der Waals surface area contributed by atoms with Gasteiger partial charge in [-0.1, -0.05) is 43.5 Å². The van der Waals surface area contributed by atoms with Crippen LogP contribution in [-0.2, 0) is 4.79 Å². The normalized spacial score (nSPS) is 11.7. The number of carbonyl (C=O) groups is 2. The van der Waals surface area contributed by atoms with Crippen molar-refractivity contribution in [2.75, 3.05) is 5.32 Å². The maximum atomic E-state index is 11.7. The molecule has 1 rings (SSSR count). The highest BCUT2D eigenvalue weighted by atomic mass is 35.5. The molecule has 0 saturated carbocycles. The number of carboxylic acid groups (broad SMARTS) is 1. The number of unbranched alkanes of at least 4 members (excludes halogenated alkanes) is 1. The van der Waals surface area contributed by atoms with Crippen molar-refractivity contribution >= 4 is 29.3 Å². The summed E-state index contributed by atoms with van der Waals surface area (Å²) in [7, 11) is 0. The van der Waals surface area contributed by atoms with Crippen LogP contribution in [0.3, 0.4) is 0 Å². The highest BCUT2D eigenvalue weighted by Gasteiger charge is 2.19. The molecule has 0 aliphatic carbocycles. The smallest absolute Gasteiger partial charge is 0.326 e. The van der Waals surface area contributed by atoms with Crippen LogP contribution in [0.5, 0.6) is 0 Å². The van der Waals surface area contributed by atoms with E-state index >= 15 is 0 Å². The largest absolute Gasteiger partial charge is 0.480 e. The molecule has 19 heavy (non-hydrogen) atoms. The Morgan fingerprint density at radius 2 is 2.05 bits per heavy atom. The highest BCUT2D eigenvalue weighted by molar-refractivity contribution is 6.33. The number of aliphatic carboxylic acids is 1. The van der Waals surface area contributed by atoms with Gasteiger partial charge in [0.1, 0.15) is 6.04 Å². The van der Waals surface area contributed by atoms with Gasteiger partial charge in [0.15, 0.2) is 0 Å². The summed E-state index contributed by atoms with van der Waals surface area (Å²) in [6.45, 7) is 1.96. The zero-order valence-electron chi connectivity index (χ0n) is 10.6. The summed E-state index contributed by atoms with van der Waals surface area (Å²) < 4.78 is 0. The van der Waals surface area contributed by atoms with Crippen molar-refractivity contribution in [2.45, 2.75) is 32.2 Å². The van der Waals surface area contributed by atoms with E-state index in [2.05, 4.69) is 10.6 Å². The molecule has 0 unspecified atom stereocenters. The molecular formula is C13H17ClN2O3. The fourth-order valence-corrected chi connectivity index (χ4v) is 1.73. The van der Waals surface area contributed by atoms with Gasteiger partial charge in [-0.05, 0) is 18.6 Å². The van der Waals surface area contributed by atoms with E-state index in [-0.39, 0.29) is 0 Å². The first kappa shape index (κ1) is 15.3. The second-order valence-electron chi connectivity index (χ2n) is 4.11. The molecule has 1 atom stereocenters. The first-order chi connectivity index (χ1) is 9.04. The number of rotatable bonds is 6. The molecule has 0 bridgehead atoms. The number of hydrogen-bond acceptors (Lipinski definition) is 2. The maximum Gasteiger partial charge on any atom is 0.326 e. The predicted octanol–water partition coefficient (Wildman–Crippen LogP) is 3.10. The third kappa shape index (κ3) is 5.18. The lowest BCUT2D eigenvalue weighted by molar-refractivity contribution is -0.139. The standard InChI is InChI=1S/C13H17ClN2O3/c1-2-3-7-11(12(17)18)16-13(19)15-10-8-5-4-6-9(10)14/h4-6,8,11H,2-3,7H2,1H3,(H,17,18)(H2,15,16,19)/t11-/m0/s1. The minimum atomic E-state index is -1.04. The van der Waals surface area contributed by atoms with Crippen molar-refractivity contribution in [3.8, 4) is 0 Å². The summed E-state index contributed by atoms with van der Waals surface area (Å²) in [4.78, 5) is 22.7. The van der Waals surface area contributed by atoms with Crippen LogP contribution >= 0.6 is 11.6 Å². The predicted molar refractivity (Wildman–Crippen MR) is 74.6 cm³/mol. The zero-order chi connectivity index (χ0) is 14.3. The second-order valence-corrected chi connectivity index (χ2v) is 4.52. The average Bonchev–Trinajstić information content (AvgIpc) is 2.37. The molecule has 0 aromatic heterocycles. The monoisotopic (exact) mass is 284 g/mol. The third-order valence-corrected chi connectivity index (χ3v) is 2.90. The second kappa shape index (κ2) is 7.63. The Bertz CT molecular complexity index is 451. The lowest BCUT2D eigenvalue weighted by Crippen LogP contribution is -2.43. The minimum absolute atomic E-state index is 0.401. The molecule has 0 radical (unpaired) electrons. The Labute approximate surface area is 117 Å². The Hall–Kier alpha value is -1.75. The van der Waals surface area contributed by atoms with Crippen LogP contribution < -0.4 is 10.6 Å². The van der Waals surface area contributed by atoms with Crippen LogP contribution in [-0.4, -0.2) is 23.1 Å². The number of hydrogen-bond donors (Lipinski definition) is 3. The van der Waals surface area contributed by atoms with E-state index < -0.39 is 18.0 Å². The number of benzene rings is 1. The number of anilines is 1. The number of urea groups is 1. The summed E-state index contributed by atoms with van der Waals surface area (Å²) in [6.07, 6.45) is 2.02. The van der Waals surface area contributed by atoms with E-state index in [1.165, 1.54) is 0 Å². The topological polar surface area (TPSA) is 78.4 Å². The van der Waals surface area contributed by atoms with Crippen LogP contribution in [0.1, 0.15) is 26.2 Å². The van der Waals surface area contributed by atoms with E-state index in [0.717, 1.165) is 12.8 Å². The number of nitrogens with one attached hydrogen (secondary N) is 2. The molecule has 1 aromatic carbocycles. The summed E-state index contributed by atoms with van der Waals surface area (Å²) >= 11 is 5.89. The third-order valence-electron chi connectivity index (χ3n) is 2.57. The van der Waals surface area contributed by atoms with Gasteiger partial charge in [0, 0.05) is 0 Å². The van der Waals surface area contributed by atoms with E-state index in [9.17, 15) is 9.59 Å². The number of para-hydroxylation sites is 1. The Balaban J connectivity index is 2.58. The average molecular weight is 285 g/mol. The van der Waals surface area contributed by atoms with Gasteiger partial charge >= 0.3 is 12.0 Å². The van der Waals surface area contributed by atoms with Crippen molar-refractivity contribution < 1.29 is 14.7 Å². The number of halogens is 1. The summed E-state index contributed by atoms with van der Waals surface area (Å²) in [5.41, 5.74) is 0.446. The minimum Gasteiger partial charge on any atom is -0.480 e. The molecule has 0 fully saturated rings. The lowest BCUT2D eigenvalue weighted by atomic mass is 10.1. The van der Waals surface area contributed by atoms with Crippen molar-refractivity contribution in [1.29, 1.82) is 0 Å². The highest BCUT2D eigenvalue weighted by Crippen LogP contribution is 2.20. The molecule has 5 nitrogen and oxygen atoms in total. The summed E-state index contributed by atoms with van der Waals surface area (Å²) in [5, 5.41) is 14.3. The molecule has 0 aliphatic rings. The molecule has 3 N–H and O–H groups in total. The number of amides is 2. The Morgan fingerprint density at radius 1 is 1.37 bits per heavy atom. The van der Waals surface area contributed by atoms with E-state index in [0.29, 0.717) is 17.1 Å². The van der Waals surface area contributed by atoms with Gasteiger partial charge in [0.2, 0.25) is 0 Å². The Morgan fingerprint density at radius 3 is 2.63 bits per heavy atom. The lowest BCUT2D eigenvalue weighted by Gasteiger charge is -2.15. The van der Waals surface area contributed by atoms with Crippen molar-refractivity contribution in [3.63, 3.8) is 0 Å². The van der Waals surface area contributed by atoms with E-state index in [1.807, 2.05) is 6.92 Å². The maximum absolute atomic E-state index is 11.7.